The number of carbonyl (C=O) groups is 1. The minimum Gasteiger partial charge on any atom is -0.298 e. The van der Waals surface area contributed by atoms with Gasteiger partial charge in [0.1, 0.15) is 23.0 Å². The van der Waals surface area contributed by atoms with E-state index in [0.29, 0.717) is 0 Å². The smallest absolute Gasteiger partial charge is 0.161 e. The molecule has 0 aromatic rings. The number of nitrogens with zero attached hydrogens (tertiary/aromatic N) is 2. The van der Waals surface area contributed by atoms with Gasteiger partial charge in [-0.05, 0) is 17.4 Å². The Balaban J connectivity index is 3.51. The SMILES string of the molecule is CC1(C)CC(=O)C(S(C)(=O)=O)C(=C(C#N)C#N)C1. The maximum absolute atomic E-state index is 12.0. The number of sulfone groups is 1. The summed E-state index contributed by atoms with van der Waals surface area (Å²) >= 11 is 0. The molecule has 0 aromatic carbocycles. The second-order valence-electron chi connectivity index (χ2n) is 5.32. The van der Waals surface area contributed by atoms with Crippen LogP contribution in [0.3, 0.4) is 0 Å². The van der Waals surface area contributed by atoms with Crippen molar-refractivity contribution in [3.63, 3.8) is 0 Å². The third-order valence-electron chi connectivity index (χ3n) is 2.90. The molecule has 1 aliphatic carbocycles. The molecule has 18 heavy (non-hydrogen) atoms. The Morgan fingerprint density at radius 2 is 1.78 bits per heavy atom. The average molecular weight is 266 g/mol. The van der Waals surface area contributed by atoms with Crippen LogP contribution in [0, 0.1) is 28.1 Å². The molecule has 1 unspecified atom stereocenters. The minimum absolute atomic E-state index is 0.137. The molecule has 0 bridgehead atoms. The summed E-state index contributed by atoms with van der Waals surface area (Å²) in [4.78, 5) is 12.0. The summed E-state index contributed by atoms with van der Waals surface area (Å²) in [6.45, 7) is 3.63. The van der Waals surface area contributed by atoms with Gasteiger partial charge in [-0.15, -0.1) is 0 Å². The van der Waals surface area contributed by atoms with Crippen molar-refractivity contribution in [3.05, 3.63) is 11.1 Å². The van der Waals surface area contributed by atoms with Gasteiger partial charge in [0.05, 0.1) is 0 Å². The molecule has 0 amide bonds. The molecule has 0 aliphatic heterocycles. The van der Waals surface area contributed by atoms with Gasteiger partial charge in [0, 0.05) is 12.7 Å². The van der Waals surface area contributed by atoms with E-state index in [4.69, 9.17) is 10.5 Å². The van der Waals surface area contributed by atoms with Crippen LogP contribution in [0.4, 0.5) is 0 Å². The number of hydrogen-bond donors (Lipinski definition) is 0. The van der Waals surface area contributed by atoms with E-state index < -0.39 is 26.3 Å². The van der Waals surface area contributed by atoms with Crippen LogP contribution in [0.1, 0.15) is 26.7 Å². The first-order valence-electron chi connectivity index (χ1n) is 5.37. The maximum Gasteiger partial charge on any atom is 0.161 e. The summed E-state index contributed by atoms with van der Waals surface area (Å²) < 4.78 is 23.4. The quantitative estimate of drug-likeness (QED) is 0.662. The van der Waals surface area contributed by atoms with Gasteiger partial charge in [0.25, 0.3) is 0 Å². The van der Waals surface area contributed by atoms with E-state index in [0.717, 1.165) is 6.26 Å². The van der Waals surface area contributed by atoms with Crippen molar-refractivity contribution in [1.29, 1.82) is 10.5 Å². The second kappa shape index (κ2) is 4.55. The first-order chi connectivity index (χ1) is 8.12. The molecule has 5 nitrogen and oxygen atoms in total. The molecule has 1 fully saturated rings. The van der Waals surface area contributed by atoms with Crippen LogP contribution in [0.5, 0.6) is 0 Å². The molecule has 0 aromatic heterocycles. The topological polar surface area (TPSA) is 98.8 Å². The van der Waals surface area contributed by atoms with Crippen LogP contribution in [0.15, 0.2) is 11.1 Å². The fourth-order valence-corrected chi connectivity index (χ4v) is 3.59. The summed E-state index contributed by atoms with van der Waals surface area (Å²) in [7, 11) is -3.65. The minimum atomic E-state index is -3.65. The molecule has 0 spiro atoms. The molecule has 1 atom stereocenters. The Morgan fingerprint density at radius 3 is 2.17 bits per heavy atom. The van der Waals surface area contributed by atoms with Crippen LogP contribution in [0.2, 0.25) is 0 Å². The van der Waals surface area contributed by atoms with Gasteiger partial charge >= 0.3 is 0 Å². The highest BCUT2D eigenvalue weighted by atomic mass is 32.2. The first kappa shape index (κ1) is 14.4. The molecule has 96 valence electrons. The predicted molar refractivity (Wildman–Crippen MR) is 64.9 cm³/mol. The van der Waals surface area contributed by atoms with E-state index in [1.165, 1.54) is 0 Å². The van der Waals surface area contributed by atoms with Crippen LogP contribution < -0.4 is 0 Å². The largest absolute Gasteiger partial charge is 0.298 e. The first-order valence-corrected chi connectivity index (χ1v) is 7.32. The fourth-order valence-electron chi connectivity index (χ4n) is 2.31. The number of nitriles is 2. The molecular formula is C12H14N2O3S. The Morgan fingerprint density at radius 1 is 1.28 bits per heavy atom. The molecule has 0 N–H and O–H groups in total. The summed E-state index contributed by atoms with van der Waals surface area (Å²) in [6.07, 6.45) is 1.37. The zero-order valence-electron chi connectivity index (χ0n) is 10.5. The Hall–Kier alpha value is -1.66. The van der Waals surface area contributed by atoms with E-state index in [1.54, 1.807) is 12.1 Å². The lowest BCUT2D eigenvalue weighted by molar-refractivity contribution is -0.121. The molecular weight excluding hydrogens is 252 g/mol. The van der Waals surface area contributed by atoms with Crippen LogP contribution >= 0.6 is 0 Å². The zero-order chi connectivity index (χ0) is 14.1. The van der Waals surface area contributed by atoms with Gasteiger partial charge in [-0.25, -0.2) is 8.42 Å². The van der Waals surface area contributed by atoms with Crippen molar-refractivity contribution >= 4 is 15.6 Å². The standard InChI is InChI=1S/C12H14N2O3S/c1-12(2)4-9(8(6-13)7-14)11(10(15)5-12)18(3,16)17/h11H,4-5H2,1-3H3. The maximum atomic E-state index is 12.0. The Kier molecular flexibility index (Phi) is 3.64. The van der Waals surface area contributed by atoms with Crippen molar-refractivity contribution in [3.8, 4) is 12.1 Å². The lowest BCUT2D eigenvalue weighted by Gasteiger charge is -2.34. The van der Waals surface area contributed by atoms with Crippen LogP contribution in [0.25, 0.3) is 0 Å². The van der Waals surface area contributed by atoms with E-state index in [1.807, 2.05) is 13.8 Å². The normalized spacial score (nSPS) is 23.1. The zero-order valence-corrected chi connectivity index (χ0v) is 11.3. The summed E-state index contributed by atoms with van der Waals surface area (Å²) in [6, 6.07) is 3.37. The number of hydrogen-bond acceptors (Lipinski definition) is 5. The molecule has 1 aliphatic rings. The van der Waals surface area contributed by atoms with Crippen molar-refractivity contribution < 1.29 is 13.2 Å². The van der Waals surface area contributed by atoms with Crippen LogP contribution in [-0.2, 0) is 14.6 Å². The van der Waals surface area contributed by atoms with Gasteiger partial charge in [0.2, 0.25) is 0 Å². The molecule has 1 saturated carbocycles. The third-order valence-corrected chi connectivity index (χ3v) is 4.31. The highest BCUT2D eigenvalue weighted by molar-refractivity contribution is 7.92. The highest BCUT2D eigenvalue weighted by Crippen LogP contribution is 2.40. The van der Waals surface area contributed by atoms with E-state index in [-0.39, 0.29) is 24.0 Å². The van der Waals surface area contributed by atoms with Gasteiger partial charge in [-0.2, -0.15) is 10.5 Å². The van der Waals surface area contributed by atoms with Gasteiger partial charge in [0.15, 0.2) is 15.6 Å². The number of allylic oxidation sites excluding steroid dienone is 1. The number of ketones is 1. The van der Waals surface area contributed by atoms with Gasteiger partial charge in [-0.1, -0.05) is 13.8 Å². The molecule has 0 saturated heterocycles. The average Bonchev–Trinajstić information content (AvgIpc) is 2.14. The van der Waals surface area contributed by atoms with E-state index in [2.05, 4.69) is 0 Å². The van der Waals surface area contributed by atoms with Gasteiger partial charge < -0.3 is 0 Å². The molecule has 6 heteroatoms. The van der Waals surface area contributed by atoms with Crippen molar-refractivity contribution in [1.82, 2.24) is 0 Å². The summed E-state index contributed by atoms with van der Waals surface area (Å²) in [5, 5.41) is 16.4. The Labute approximate surface area is 107 Å². The molecule has 0 radical (unpaired) electrons. The van der Waals surface area contributed by atoms with Gasteiger partial charge in [-0.3, -0.25) is 4.79 Å². The molecule has 0 heterocycles. The fraction of sp³-hybridized carbons (Fsp3) is 0.583. The summed E-state index contributed by atoms with van der Waals surface area (Å²) in [5.74, 6) is -0.438. The van der Waals surface area contributed by atoms with Crippen molar-refractivity contribution in [2.24, 2.45) is 5.41 Å². The van der Waals surface area contributed by atoms with Crippen LogP contribution in [-0.4, -0.2) is 25.7 Å². The number of carbonyl (C=O) groups excluding carboxylic acids is 1. The predicted octanol–water partition coefficient (Wildman–Crippen LogP) is 1.13. The lowest BCUT2D eigenvalue weighted by atomic mass is 9.73. The van der Waals surface area contributed by atoms with Crippen molar-refractivity contribution in [2.75, 3.05) is 6.26 Å². The number of Topliss-reactive ketones (excluding diaryl/α,β-unsaturated/α-hetero) is 1. The Bertz CT molecular complexity index is 584. The monoisotopic (exact) mass is 266 g/mol. The van der Waals surface area contributed by atoms with E-state index in [9.17, 15) is 13.2 Å². The molecule has 1 rings (SSSR count). The van der Waals surface area contributed by atoms with Crippen molar-refractivity contribution in [2.45, 2.75) is 31.9 Å². The number of rotatable bonds is 1. The van der Waals surface area contributed by atoms with E-state index >= 15 is 0 Å². The second-order valence-corrected chi connectivity index (χ2v) is 7.45. The third kappa shape index (κ3) is 2.77. The highest BCUT2D eigenvalue weighted by Gasteiger charge is 2.43. The summed E-state index contributed by atoms with van der Waals surface area (Å²) in [5.41, 5.74) is -0.540. The lowest BCUT2D eigenvalue weighted by Crippen LogP contribution is -2.41.